The van der Waals surface area contributed by atoms with Crippen molar-refractivity contribution in [1.29, 1.82) is 0 Å². The summed E-state index contributed by atoms with van der Waals surface area (Å²) >= 11 is 6.80. The van der Waals surface area contributed by atoms with E-state index in [4.69, 9.17) is 12.2 Å². The second-order valence-electron chi connectivity index (χ2n) is 4.61. The van der Waals surface area contributed by atoms with Gasteiger partial charge in [0.1, 0.15) is 4.83 Å². The fourth-order valence-corrected chi connectivity index (χ4v) is 3.40. The third-order valence-corrected chi connectivity index (χ3v) is 4.41. The molecule has 7 heteroatoms. The Morgan fingerprint density at radius 2 is 2.30 bits per heavy atom. The first-order valence-corrected chi connectivity index (χ1v) is 7.60. The van der Waals surface area contributed by atoms with Gasteiger partial charge in [-0.25, -0.2) is 0 Å². The lowest BCUT2D eigenvalue weighted by atomic mass is 10.2. The lowest BCUT2D eigenvalue weighted by molar-refractivity contribution is 0.728. The normalized spacial score (nSPS) is 11.3. The number of fused-ring (bicyclic) bond motifs is 1. The Bertz CT molecular complexity index is 884. The van der Waals surface area contributed by atoms with Crippen molar-refractivity contribution in [3.8, 4) is 0 Å². The Balaban J connectivity index is 2.15. The van der Waals surface area contributed by atoms with Gasteiger partial charge in [0.2, 0.25) is 0 Å². The van der Waals surface area contributed by atoms with Crippen LogP contribution in [0.4, 0.5) is 0 Å². The van der Waals surface area contributed by atoms with Crippen LogP contribution in [0.1, 0.15) is 18.2 Å². The van der Waals surface area contributed by atoms with Gasteiger partial charge in [0.25, 0.3) is 5.56 Å². The lowest BCUT2D eigenvalue weighted by Crippen LogP contribution is -2.22. The van der Waals surface area contributed by atoms with E-state index < -0.39 is 0 Å². The third-order valence-electron chi connectivity index (χ3n) is 3.26. The average Bonchev–Trinajstić information content (AvgIpc) is 3.00. The van der Waals surface area contributed by atoms with E-state index in [2.05, 4.69) is 17.0 Å². The molecule has 0 aliphatic rings. The van der Waals surface area contributed by atoms with Crippen molar-refractivity contribution in [3.63, 3.8) is 0 Å². The Morgan fingerprint density at radius 1 is 1.50 bits per heavy atom. The van der Waals surface area contributed by atoms with Crippen molar-refractivity contribution < 1.29 is 0 Å². The van der Waals surface area contributed by atoms with E-state index in [1.807, 2.05) is 24.7 Å². The third kappa shape index (κ3) is 2.12. The Hall–Kier alpha value is -1.73. The number of aryl methyl sites for hydroxylation is 2. The number of nitrogens with zero attached hydrogens (tertiary/aromatic N) is 3. The summed E-state index contributed by atoms with van der Waals surface area (Å²) in [6, 6.07) is 1.83. The van der Waals surface area contributed by atoms with Gasteiger partial charge in [-0.15, -0.1) is 11.3 Å². The van der Waals surface area contributed by atoms with Crippen LogP contribution in [-0.4, -0.2) is 19.3 Å². The van der Waals surface area contributed by atoms with Crippen LogP contribution in [-0.2, 0) is 20.0 Å². The smallest absolute Gasteiger partial charge is 0.263 e. The minimum absolute atomic E-state index is 0.0455. The van der Waals surface area contributed by atoms with Gasteiger partial charge >= 0.3 is 0 Å². The van der Waals surface area contributed by atoms with E-state index in [-0.39, 0.29) is 5.56 Å². The van der Waals surface area contributed by atoms with E-state index in [0.29, 0.717) is 16.7 Å². The first kappa shape index (κ1) is 13.3. The maximum atomic E-state index is 12.5. The molecule has 0 amide bonds. The van der Waals surface area contributed by atoms with Crippen molar-refractivity contribution in [3.05, 3.63) is 44.0 Å². The minimum Gasteiger partial charge on any atom is -0.323 e. The number of nitrogens with one attached hydrogen (secondary N) is 1. The molecule has 20 heavy (non-hydrogen) atoms. The van der Waals surface area contributed by atoms with Gasteiger partial charge in [0.15, 0.2) is 4.77 Å². The molecule has 3 aromatic rings. The van der Waals surface area contributed by atoms with E-state index >= 15 is 0 Å². The summed E-state index contributed by atoms with van der Waals surface area (Å²) in [5, 5.41) is 6.97. The molecule has 0 aromatic carbocycles. The summed E-state index contributed by atoms with van der Waals surface area (Å²) in [4.78, 5) is 16.4. The maximum Gasteiger partial charge on any atom is 0.263 e. The molecule has 0 aliphatic carbocycles. The number of hydrogen-bond donors (Lipinski definition) is 1. The molecule has 0 fully saturated rings. The van der Waals surface area contributed by atoms with Crippen LogP contribution in [0, 0.1) is 4.77 Å². The van der Waals surface area contributed by atoms with Crippen molar-refractivity contribution in [2.75, 3.05) is 0 Å². The minimum atomic E-state index is -0.0455. The Kier molecular flexibility index (Phi) is 3.31. The van der Waals surface area contributed by atoms with Crippen molar-refractivity contribution in [2.45, 2.75) is 19.9 Å². The first-order chi connectivity index (χ1) is 9.60. The summed E-state index contributed by atoms with van der Waals surface area (Å²) in [6.45, 7) is 2.51. The molecule has 0 unspecified atom stereocenters. The van der Waals surface area contributed by atoms with Crippen molar-refractivity contribution >= 4 is 33.8 Å². The van der Waals surface area contributed by atoms with Gasteiger partial charge in [-0.2, -0.15) is 5.10 Å². The van der Waals surface area contributed by atoms with Gasteiger partial charge in [0, 0.05) is 18.8 Å². The molecule has 0 atom stereocenters. The second kappa shape index (κ2) is 4.99. The van der Waals surface area contributed by atoms with E-state index in [1.165, 1.54) is 11.3 Å². The van der Waals surface area contributed by atoms with Crippen LogP contribution in [0.25, 0.3) is 10.2 Å². The zero-order valence-electron chi connectivity index (χ0n) is 11.2. The summed E-state index contributed by atoms with van der Waals surface area (Å²) < 4.78 is 3.83. The molecular weight excluding hydrogens is 292 g/mol. The Morgan fingerprint density at radius 3 is 3.05 bits per heavy atom. The van der Waals surface area contributed by atoms with Gasteiger partial charge < -0.3 is 4.98 Å². The number of hydrogen-bond acceptors (Lipinski definition) is 4. The quantitative estimate of drug-likeness (QED) is 0.756. The molecule has 0 radical (unpaired) electrons. The molecule has 3 heterocycles. The van der Waals surface area contributed by atoms with Gasteiger partial charge in [-0.05, 0) is 30.1 Å². The van der Waals surface area contributed by atoms with Crippen LogP contribution in [0.3, 0.4) is 0 Å². The summed E-state index contributed by atoms with van der Waals surface area (Å²) in [7, 11) is 1.88. The highest BCUT2D eigenvalue weighted by Crippen LogP contribution is 2.15. The number of aromatic amines is 1. The zero-order chi connectivity index (χ0) is 14.3. The first-order valence-electron chi connectivity index (χ1n) is 6.32. The molecule has 1 N–H and O–H groups in total. The Labute approximate surface area is 124 Å². The average molecular weight is 306 g/mol. The van der Waals surface area contributed by atoms with Crippen molar-refractivity contribution in [2.24, 2.45) is 7.05 Å². The molecule has 0 saturated carbocycles. The lowest BCUT2D eigenvalue weighted by Gasteiger charge is -2.06. The number of thiophene rings is 1. The van der Waals surface area contributed by atoms with E-state index in [9.17, 15) is 4.79 Å². The maximum absolute atomic E-state index is 12.5. The molecule has 0 saturated heterocycles. The molecule has 0 aliphatic heterocycles. The van der Waals surface area contributed by atoms with Crippen molar-refractivity contribution in [1.82, 2.24) is 19.3 Å². The molecule has 0 bridgehead atoms. The fourth-order valence-electron chi connectivity index (χ4n) is 2.30. The second-order valence-corrected chi connectivity index (χ2v) is 5.92. The highest BCUT2D eigenvalue weighted by atomic mass is 32.1. The summed E-state index contributed by atoms with van der Waals surface area (Å²) in [6.07, 6.45) is 2.78. The van der Waals surface area contributed by atoms with Crippen LogP contribution < -0.4 is 5.56 Å². The standard InChI is InChI=1S/C13H14N4OS2/c1-3-10-8(6-16(2)15-10)7-17-12(18)9-4-5-20-11(9)14-13(17)19/h4-6H,3,7H2,1-2H3,(H,14,19). The topological polar surface area (TPSA) is 55.6 Å². The van der Waals surface area contributed by atoms with Gasteiger partial charge in [0.05, 0.1) is 17.6 Å². The SMILES string of the molecule is CCc1nn(C)cc1Cn1c(=S)[nH]c2sccc2c1=O. The predicted octanol–water partition coefficient (Wildman–Crippen LogP) is 2.46. The zero-order valence-corrected chi connectivity index (χ0v) is 12.8. The van der Waals surface area contributed by atoms with Crippen LogP contribution in [0.15, 0.2) is 22.4 Å². The van der Waals surface area contributed by atoms with E-state index in [1.54, 1.807) is 9.25 Å². The van der Waals surface area contributed by atoms with Gasteiger partial charge in [-0.1, -0.05) is 6.92 Å². The van der Waals surface area contributed by atoms with Crippen LogP contribution >= 0.6 is 23.6 Å². The molecule has 0 spiro atoms. The molecule has 104 valence electrons. The van der Waals surface area contributed by atoms with E-state index in [0.717, 1.165) is 22.5 Å². The number of aromatic nitrogens is 4. The predicted molar refractivity (Wildman–Crippen MR) is 83.0 cm³/mol. The molecule has 3 rings (SSSR count). The number of H-pyrrole nitrogens is 1. The molecule has 3 aromatic heterocycles. The summed E-state index contributed by atoms with van der Waals surface area (Å²) in [5.74, 6) is 0. The monoisotopic (exact) mass is 306 g/mol. The fraction of sp³-hybridized carbons (Fsp3) is 0.308. The summed E-state index contributed by atoms with van der Waals surface area (Å²) in [5.41, 5.74) is 1.99. The van der Waals surface area contributed by atoms with Crippen LogP contribution in [0.2, 0.25) is 0 Å². The number of rotatable bonds is 3. The largest absolute Gasteiger partial charge is 0.323 e. The highest BCUT2D eigenvalue weighted by Gasteiger charge is 2.11. The van der Waals surface area contributed by atoms with Gasteiger partial charge in [-0.3, -0.25) is 14.0 Å². The van der Waals surface area contributed by atoms with Crippen LogP contribution in [0.5, 0.6) is 0 Å². The molecular formula is C13H14N4OS2. The highest BCUT2D eigenvalue weighted by molar-refractivity contribution is 7.71. The molecule has 5 nitrogen and oxygen atoms in total.